The number of halogens is 1. The van der Waals surface area contributed by atoms with Crippen LogP contribution in [0.15, 0.2) is 42.5 Å². The summed E-state index contributed by atoms with van der Waals surface area (Å²) in [5.41, 5.74) is 2.92. The zero-order chi connectivity index (χ0) is 14.7. The van der Waals surface area contributed by atoms with Gasteiger partial charge in [0, 0.05) is 11.1 Å². The minimum absolute atomic E-state index is 0.127. The van der Waals surface area contributed by atoms with E-state index in [9.17, 15) is 9.18 Å². The summed E-state index contributed by atoms with van der Waals surface area (Å²) in [6.45, 7) is 6.07. The predicted molar refractivity (Wildman–Crippen MR) is 79.6 cm³/mol. The summed E-state index contributed by atoms with van der Waals surface area (Å²) < 4.78 is 13.4. The second-order valence-electron chi connectivity index (χ2n) is 5.64. The Labute approximate surface area is 119 Å². The van der Waals surface area contributed by atoms with Gasteiger partial charge in [0.25, 0.3) is 0 Å². The van der Waals surface area contributed by atoms with Gasteiger partial charge >= 0.3 is 0 Å². The fourth-order valence-electron chi connectivity index (χ4n) is 2.35. The molecule has 0 aromatic heterocycles. The maximum absolute atomic E-state index is 13.4. The Morgan fingerprint density at radius 2 is 1.85 bits per heavy atom. The van der Waals surface area contributed by atoms with Crippen molar-refractivity contribution in [2.24, 2.45) is 5.92 Å². The minimum atomic E-state index is -0.369. The van der Waals surface area contributed by atoms with Crippen molar-refractivity contribution in [3.8, 4) is 0 Å². The van der Waals surface area contributed by atoms with E-state index < -0.39 is 0 Å². The first-order chi connectivity index (χ1) is 9.45. The molecule has 1 nitrogen and oxygen atoms in total. The van der Waals surface area contributed by atoms with Crippen molar-refractivity contribution < 1.29 is 9.18 Å². The lowest BCUT2D eigenvalue weighted by Crippen LogP contribution is -2.04. The van der Waals surface area contributed by atoms with Gasteiger partial charge in [0.15, 0.2) is 5.78 Å². The number of hydrogen-bond donors (Lipinski definition) is 0. The summed E-state index contributed by atoms with van der Waals surface area (Å²) >= 11 is 0. The van der Waals surface area contributed by atoms with Crippen LogP contribution in [0.2, 0.25) is 0 Å². The molecule has 2 aromatic carbocycles. The lowest BCUT2D eigenvalue weighted by molar-refractivity contribution is 0.103. The summed E-state index contributed by atoms with van der Waals surface area (Å²) in [7, 11) is 0. The molecule has 0 unspecified atom stereocenters. The fourth-order valence-corrected chi connectivity index (χ4v) is 2.35. The lowest BCUT2D eigenvalue weighted by atomic mass is 9.96. The standard InChI is InChI=1S/C18H19FO/c1-12(2)7-14-5-4-6-15(10-14)18(20)16-8-13(3)9-17(19)11-16/h4-6,8-12H,7H2,1-3H3. The molecule has 0 spiro atoms. The van der Waals surface area contributed by atoms with Crippen molar-refractivity contribution in [3.05, 3.63) is 70.5 Å². The molecule has 104 valence electrons. The van der Waals surface area contributed by atoms with E-state index in [1.165, 1.54) is 12.1 Å². The van der Waals surface area contributed by atoms with E-state index in [4.69, 9.17) is 0 Å². The molecular weight excluding hydrogens is 251 g/mol. The highest BCUT2D eigenvalue weighted by atomic mass is 19.1. The summed E-state index contributed by atoms with van der Waals surface area (Å²) in [6.07, 6.45) is 0.934. The van der Waals surface area contributed by atoms with E-state index in [0.29, 0.717) is 17.0 Å². The summed E-state index contributed by atoms with van der Waals surface area (Å²) in [5, 5.41) is 0. The molecule has 0 bridgehead atoms. The van der Waals surface area contributed by atoms with E-state index >= 15 is 0 Å². The maximum atomic E-state index is 13.4. The monoisotopic (exact) mass is 270 g/mol. The lowest BCUT2D eigenvalue weighted by Gasteiger charge is -2.08. The molecule has 20 heavy (non-hydrogen) atoms. The highest BCUT2D eigenvalue weighted by Gasteiger charge is 2.11. The number of hydrogen-bond acceptors (Lipinski definition) is 1. The fraction of sp³-hybridized carbons (Fsp3) is 0.278. The number of ketones is 1. The van der Waals surface area contributed by atoms with Crippen molar-refractivity contribution >= 4 is 5.78 Å². The van der Waals surface area contributed by atoms with E-state index in [1.54, 1.807) is 19.1 Å². The van der Waals surface area contributed by atoms with Crippen molar-refractivity contribution in [1.82, 2.24) is 0 Å². The third-order valence-electron chi connectivity index (χ3n) is 3.14. The first-order valence-electron chi connectivity index (χ1n) is 6.86. The number of rotatable bonds is 4. The van der Waals surface area contributed by atoms with Crippen LogP contribution in [0.4, 0.5) is 4.39 Å². The Bertz CT molecular complexity index is 609. The zero-order valence-electron chi connectivity index (χ0n) is 12.1. The molecular formula is C18H19FO. The molecule has 2 aromatic rings. The molecule has 0 amide bonds. The quantitative estimate of drug-likeness (QED) is 0.744. The van der Waals surface area contributed by atoms with Crippen molar-refractivity contribution in [3.63, 3.8) is 0 Å². The number of carbonyl (C=O) groups is 1. The van der Waals surface area contributed by atoms with E-state index in [1.807, 2.05) is 18.2 Å². The van der Waals surface area contributed by atoms with Crippen LogP contribution in [0.5, 0.6) is 0 Å². The second-order valence-corrected chi connectivity index (χ2v) is 5.64. The Morgan fingerprint density at radius 1 is 1.10 bits per heavy atom. The van der Waals surface area contributed by atoms with Crippen molar-refractivity contribution in [2.45, 2.75) is 27.2 Å². The predicted octanol–water partition coefficient (Wildman–Crippen LogP) is 4.56. The highest BCUT2D eigenvalue weighted by molar-refractivity contribution is 6.09. The Morgan fingerprint density at radius 3 is 2.50 bits per heavy atom. The van der Waals surface area contributed by atoms with Gasteiger partial charge in [0.2, 0.25) is 0 Å². The first-order valence-corrected chi connectivity index (χ1v) is 6.86. The smallest absolute Gasteiger partial charge is 0.193 e. The van der Waals surface area contributed by atoms with Gasteiger partial charge in [-0.1, -0.05) is 32.0 Å². The Balaban J connectivity index is 2.33. The molecule has 0 fully saturated rings. The van der Waals surface area contributed by atoms with Crippen LogP contribution in [-0.4, -0.2) is 5.78 Å². The largest absolute Gasteiger partial charge is 0.289 e. The van der Waals surface area contributed by atoms with Crippen molar-refractivity contribution in [1.29, 1.82) is 0 Å². The van der Waals surface area contributed by atoms with Gasteiger partial charge in [-0.25, -0.2) is 4.39 Å². The molecule has 0 aliphatic rings. The van der Waals surface area contributed by atoms with Gasteiger partial charge in [-0.2, -0.15) is 0 Å². The molecule has 0 saturated carbocycles. The molecule has 0 saturated heterocycles. The van der Waals surface area contributed by atoms with Gasteiger partial charge in [-0.05, 0) is 54.7 Å². The topological polar surface area (TPSA) is 17.1 Å². The third-order valence-corrected chi connectivity index (χ3v) is 3.14. The number of carbonyl (C=O) groups excluding carboxylic acids is 1. The Hall–Kier alpha value is -1.96. The maximum Gasteiger partial charge on any atom is 0.193 e. The van der Waals surface area contributed by atoms with Crippen LogP contribution in [0.25, 0.3) is 0 Å². The Kier molecular flexibility index (Phi) is 4.33. The summed E-state index contributed by atoms with van der Waals surface area (Å²) in [5.74, 6) is 0.0432. The number of benzene rings is 2. The van der Waals surface area contributed by atoms with Gasteiger partial charge in [0.05, 0.1) is 0 Å². The summed E-state index contributed by atoms with van der Waals surface area (Å²) in [4.78, 5) is 12.4. The number of aryl methyl sites for hydroxylation is 1. The van der Waals surface area contributed by atoms with Gasteiger partial charge in [0.1, 0.15) is 5.82 Å². The SMILES string of the molecule is Cc1cc(F)cc(C(=O)c2cccc(CC(C)C)c2)c1. The average molecular weight is 270 g/mol. The van der Waals surface area contributed by atoms with Crippen LogP contribution in [0.1, 0.15) is 40.9 Å². The summed E-state index contributed by atoms with van der Waals surface area (Å²) in [6, 6.07) is 12.0. The molecule has 0 N–H and O–H groups in total. The third kappa shape index (κ3) is 3.53. The van der Waals surface area contributed by atoms with Gasteiger partial charge in [-0.15, -0.1) is 0 Å². The van der Waals surface area contributed by atoms with E-state index in [-0.39, 0.29) is 11.6 Å². The van der Waals surface area contributed by atoms with E-state index in [2.05, 4.69) is 13.8 Å². The van der Waals surface area contributed by atoms with Crippen LogP contribution in [0.3, 0.4) is 0 Å². The average Bonchev–Trinajstić information content (AvgIpc) is 2.36. The van der Waals surface area contributed by atoms with Gasteiger partial charge in [-0.3, -0.25) is 4.79 Å². The molecule has 0 atom stereocenters. The molecule has 0 heterocycles. The van der Waals surface area contributed by atoms with Crippen LogP contribution in [-0.2, 0) is 6.42 Å². The van der Waals surface area contributed by atoms with Crippen molar-refractivity contribution in [2.75, 3.05) is 0 Å². The minimum Gasteiger partial charge on any atom is -0.289 e. The highest BCUT2D eigenvalue weighted by Crippen LogP contribution is 2.16. The van der Waals surface area contributed by atoms with Gasteiger partial charge < -0.3 is 0 Å². The zero-order valence-corrected chi connectivity index (χ0v) is 12.1. The van der Waals surface area contributed by atoms with Crippen LogP contribution >= 0.6 is 0 Å². The second kappa shape index (κ2) is 6.00. The molecule has 2 heteroatoms. The molecule has 0 aliphatic carbocycles. The molecule has 0 radical (unpaired) electrons. The molecule has 0 aliphatic heterocycles. The van der Waals surface area contributed by atoms with Crippen LogP contribution in [0, 0.1) is 18.7 Å². The van der Waals surface area contributed by atoms with E-state index in [0.717, 1.165) is 17.5 Å². The van der Waals surface area contributed by atoms with Crippen LogP contribution < -0.4 is 0 Å². The normalized spacial score (nSPS) is 10.8. The molecule has 2 rings (SSSR count). The first kappa shape index (κ1) is 14.4.